The van der Waals surface area contributed by atoms with Gasteiger partial charge in [-0.15, -0.1) is 0 Å². The van der Waals surface area contributed by atoms with Gasteiger partial charge in [0, 0.05) is 18.8 Å². The highest BCUT2D eigenvalue weighted by Crippen LogP contribution is 1.98. The van der Waals surface area contributed by atoms with Gasteiger partial charge in [0.15, 0.2) is 0 Å². The van der Waals surface area contributed by atoms with Crippen molar-refractivity contribution in [3.05, 3.63) is 30.1 Å². The van der Waals surface area contributed by atoms with Crippen molar-refractivity contribution in [1.82, 2.24) is 4.98 Å². The molecule has 1 rings (SSSR count). The van der Waals surface area contributed by atoms with E-state index in [9.17, 15) is 4.79 Å². The summed E-state index contributed by atoms with van der Waals surface area (Å²) in [6, 6.07) is 3.54. The first-order chi connectivity index (χ1) is 5.70. The number of hydrogen-bond acceptors (Lipinski definition) is 3. The van der Waals surface area contributed by atoms with Gasteiger partial charge in [0.05, 0.1) is 0 Å². The van der Waals surface area contributed by atoms with E-state index in [4.69, 9.17) is 5.11 Å². The first-order valence-electron chi connectivity index (χ1n) is 3.35. The molecule has 1 aromatic rings. The van der Waals surface area contributed by atoms with E-state index in [0.29, 0.717) is 0 Å². The summed E-state index contributed by atoms with van der Waals surface area (Å²) in [4.78, 5) is 14.2. The molecule has 0 aromatic carbocycles. The molecule has 0 radical (unpaired) electrons. The van der Waals surface area contributed by atoms with Crippen LogP contribution < -0.4 is 0 Å². The van der Waals surface area contributed by atoms with Crippen LogP contribution in [0, 0.1) is 0 Å². The van der Waals surface area contributed by atoms with Crippen molar-refractivity contribution in [2.75, 3.05) is 0 Å². The van der Waals surface area contributed by atoms with Crippen LogP contribution in [0.3, 0.4) is 0 Å². The number of carboxylic acid groups (broad SMARTS) is 1. The van der Waals surface area contributed by atoms with E-state index in [2.05, 4.69) is 17.2 Å². The van der Waals surface area contributed by atoms with Crippen molar-refractivity contribution in [2.45, 2.75) is 6.42 Å². The molecular weight excluding hydrogens is 174 g/mol. The van der Waals surface area contributed by atoms with Crippen molar-refractivity contribution in [3.8, 4) is 0 Å². The van der Waals surface area contributed by atoms with Crippen LogP contribution in [0.5, 0.6) is 0 Å². The molecule has 4 heteroatoms. The quantitative estimate of drug-likeness (QED) is 0.709. The van der Waals surface area contributed by atoms with Crippen molar-refractivity contribution in [2.24, 2.45) is 0 Å². The van der Waals surface area contributed by atoms with Crippen LogP contribution in [0.25, 0.3) is 0 Å². The Balaban J connectivity index is 2.65. The Bertz CT molecular complexity index is 297. The molecule has 0 aliphatic heterocycles. The Morgan fingerprint density at radius 2 is 2.42 bits per heavy atom. The zero-order valence-electron chi connectivity index (χ0n) is 6.23. The normalized spacial score (nSPS) is 9.33. The Morgan fingerprint density at radius 3 is 2.92 bits per heavy atom. The summed E-state index contributed by atoms with van der Waals surface area (Å²) in [5.41, 5.74) is 0.824. The molecule has 0 unspecified atom stereocenters. The second kappa shape index (κ2) is 3.92. The molecule has 0 saturated heterocycles. The molecule has 3 nitrogen and oxygen atoms in total. The van der Waals surface area contributed by atoms with Crippen molar-refractivity contribution in [1.29, 1.82) is 0 Å². The SMILES string of the molecule is O=C(O)C(=S)Cc1cccnc1. The molecule has 62 valence electrons. The van der Waals surface area contributed by atoms with E-state index in [1.165, 1.54) is 0 Å². The fourth-order valence-corrected chi connectivity index (χ4v) is 0.930. The van der Waals surface area contributed by atoms with E-state index >= 15 is 0 Å². The molecule has 0 bridgehead atoms. The van der Waals surface area contributed by atoms with Gasteiger partial charge in [-0.3, -0.25) is 4.98 Å². The zero-order chi connectivity index (χ0) is 8.97. The number of thiocarbonyl (C=S) groups is 1. The van der Waals surface area contributed by atoms with Crippen molar-refractivity contribution < 1.29 is 9.90 Å². The summed E-state index contributed by atoms with van der Waals surface area (Å²) >= 11 is 4.63. The average Bonchev–Trinajstić information content (AvgIpc) is 2.06. The largest absolute Gasteiger partial charge is 0.477 e. The van der Waals surface area contributed by atoms with Crippen molar-refractivity contribution >= 4 is 23.1 Å². The first-order valence-corrected chi connectivity index (χ1v) is 3.76. The summed E-state index contributed by atoms with van der Waals surface area (Å²) in [7, 11) is 0. The topological polar surface area (TPSA) is 50.2 Å². The smallest absolute Gasteiger partial charge is 0.342 e. The van der Waals surface area contributed by atoms with E-state index < -0.39 is 5.97 Å². The standard InChI is InChI=1S/C8H7NO2S/c10-8(11)7(12)4-6-2-1-3-9-5-6/h1-3,5H,4H2,(H,10,11). The second-order valence-corrected chi connectivity index (χ2v) is 2.76. The predicted octanol–water partition coefficient (Wildman–Crippen LogP) is 1.08. The van der Waals surface area contributed by atoms with Gasteiger partial charge in [-0.1, -0.05) is 18.3 Å². The molecule has 0 atom stereocenters. The lowest BCUT2D eigenvalue weighted by Crippen LogP contribution is -2.12. The van der Waals surface area contributed by atoms with Gasteiger partial charge < -0.3 is 5.11 Å². The Labute approximate surface area is 75.1 Å². The minimum absolute atomic E-state index is 0.0167. The maximum Gasteiger partial charge on any atom is 0.342 e. The second-order valence-electron chi connectivity index (χ2n) is 2.27. The third-order valence-electron chi connectivity index (χ3n) is 1.33. The molecule has 1 heterocycles. The highest BCUT2D eigenvalue weighted by molar-refractivity contribution is 7.82. The number of carbonyl (C=O) groups is 1. The monoisotopic (exact) mass is 181 g/mol. The van der Waals surface area contributed by atoms with Crippen molar-refractivity contribution in [3.63, 3.8) is 0 Å². The fourth-order valence-electron chi connectivity index (χ4n) is 0.764. The van der Waals surface area contributed by atoms with Crippen LogP contribution in [0.1, 0.15) is 5.56 Å². The number of rotatable bonds is 3. The number of aliphatic carboxylic acids is 1. The molecule has 0 fully saturated rings. The minimum Gasteiger partial charge on any atom is -0.477 e. The highest BCUT2D eigenvalue weighted by atomic mass is 32.1. The third-order valence-corrected chi connectivity index (χ3v) is 1.64. The number of carboxylic acids is 1. The molecule has 0 aliphatic rings. The average molecular weight is 181 g/mol. The molecule has 1 aromatic heterocycles. The maximum atomic E-state index is 10.3. The molecule has 0 amide bonds. The molecule has 1 N–H and O–H groups in total. The lowest BCUT2D eigenvalue weighted by Gasteiger charge is -1.96. The van der Waals surface area contributed by atoms with E-state index in [1.807, 2.05) is 0 Å². The predicted molar refractivity (Wildman–Crippen MR) is 48.2 cm³/mol. The molecule has 0 spiro atoms. The van der Waals surface area contributed by atoms with Gasteiger partial charge >= 0.3 is 5.97 Å². The Morgan fingerprint density at radius 1 is 1.67 bits per heavy atom. The zero-order valence-corrected chi connectivity index (χ0v) is 7.04. The third kappa shape index (κ3) is 2.39. The van der Waals surface area contributed by atoms with Gasteiger partial charge in [-0.25, -0.2) is 4.79 Å². The summed E-state index contributed by atoms with van der Waals surface area (Å²) in [6.45, 7) is 0. The molecular formula is C8H7NO2S. The number of nitrogens with zero attached hydrogens (tertiary/aromatic N) is 1. The minimum atomic E-state index is -1.03. The number of hydrogen-bond donors (Lipinski definition) is 1. The number of aromatic nitrogens is 1. The summed E-state index contributed by atoms with van der Waals surface area (Å²) in [5, 5.41) is 8.48. The van der Waals surface area contributed by atoms with Gasteiger partial charge in [0.1, 0.15) is 4.86 Å². The van der Waals surface area contributed by atoms with Crippen LogP contribution in [0.4, 0.5) is 0 Å². The summed E-state index contributed by atoms with van der Waals surface area (Å²) < 4.78 is 0. The van der Waals surface area contributed by atoms with Gasteiger partial charge in [0.2, 0.25) is 0 Å². The van der Waals surface area contributed by atoms with E-state index in [1.54, 1.807) is 24.5 Å². The van der Waals surface area contributed by atoms with Crippen LogP contribution in [-0.2, 0) is 11.2 Å². The lowest BCUT2D eigenvalue weighted by molar-refractivity contribution is -0.129. The molecule has 0 saturated carbocycles. The summed E-state index contributed by atoms with van der Waals surface area (Å²) in [6.07, 6.45) is 3.51. The Kier molecular flexibility index (Phi) is 2.88. The lowest BCUT2D eigenvalue weighted by atomic mass is 10.1. The van der Waals surface area contributed by atoms with Gasteiger partial charge in [0.25, 0.3) is 0 Å². The van der Waals surface area contributed by atoms with Crippen LogP contribution in [-0.4, -0.2) is 20.9 Å². The number of pyridine rings is 1. The first kappa shape index (κ1) is 8.80. The van der Waals surface area contributed by atoms with Gasteiger partial charge in [-0.2, -0.15) is 0 Å². The molecule has 0 aliphatic carbocycles. The highest BCUT2D eigenvalue weighted by Gasteiger charge is 2.06. The molecule has 12 heavy (non-hydrogen) atoms. The van der Waals surface area contributed by atoms with E-state index in [0.717, 1.165) is 5.56 Å². The van der Waals surface area contributed by atoms with Gasteiger partial charge in [-0.05, 0) is 11.6 Å². The summed E-state index contributed by atoms with van der Waals surface area (Å²) in [5.74, 6) is -1.03. The fraction of sp³-hybridized carbons (Fsp3) is 0.125. The maximum absolute atomic E-state index is 10.3. The van der Waals surface area contributed by atoms with Crippen LogP contribution in [0.15, 0.2) is 24.5 Å². The Hall–Kier alpha value is -1.29. The van der Waals surface area contributed by atoms with Crippen LogP contribution >= 0.6 is 12.2 Å². The van der Waals surface area contributed by atoms with Crippen LogP contribution in [0.2, 0.25) is 0 Å². The van der Waals surface area contributed by atoms with E-state index in [-0.39, 0.29) is 11.3 Å².